The van der Waals surface area contributed by atoms with Crippen LogP contribution in [0.1, 0.15) is 22.7 Å². The fourth-order valence-electron chi connectivity index (χ4n) is 2.14. The van der Waals surface area contributed by atoms with E-state index >= 15 is 0 Å². The highest BCUT2D eigenvalue weighted by atomic mass is 35.5. The SMILES string of the molecule is Cc1cc(F)cc(C(Cc2ccc(Cl)c(Cl)c2)NN)c1. The van der Waals surface area contributed by atoms with E-state index in [0.717, 1.165) is 16.7 Å². The minimum atomic E-state index is -0.269. The molecule has 0 aliphatic heterocycles. The molecule has 0 heterocycles. The van der Waals surface area contributed by atoms with Gasteiger partial charge in [-0.3, -0.25) is 11.3 Å². The number of aryl methyl sites for hydroxylation is 1. The van der Waals surface area contributed by atoms with E-state index in [1.807, 2.05) is 19.1 Å². The summed E-state index contributed by atoms with van der Waals surface area (Å²) in [6.07, 6.45) is 0.594. The summed E-state index contributed by atoms with van der Waals surface area (Å²) in [5.41, 5.74) is 5.35. The number of rotatable bonds is 4. The lowest BCUT2D eigenvalue weighted by molar-refractivity contribution is 0.544. The Hall–Kier alpha value is -1.13. The zero-order chi connectivity index (χ0) is 14.7. The Balaban J connectivity index is 2.26. The first-order valence-electron chi connectivity index (χ1n) is 6.16. The van der Waals surface area contributed by atoms with Gasteiger partial charge in [-0.15, -0.1) is 0 Å². The third-order valence-electron chi connectivity index (χ3n) is 3.09. The minimum absolute atomic E-state index is 0.193. The minimum Gasteiger partial charge on any atom is -0.271 e. The molecule has 0 aromatic heterocycles. The van der Waals surface area contributed by atoms with Crippen molar-refractivity contribution in [3.8, 4) is 0 Å². The molecule has 0 amide bonds. The molecular weight excluding hydrogens is 298 g/mol. The van der Waals surface area contributed by atoms with Crippen molar-refractivity contribution in [1.29, 1.82) is 0 Å². The Morgan fingerprint density at radius 1 is 1.15 bits per heavy atom. The number of hydrazine groups is 1. The van der Waals surface area contributed by atoms with Crippen LogP contribution in [0.5, 0.6) is 0 Å². The van der Waals surface area contributed by atoms with E-state index < -0.39 is 0 Å². The second-order valence-electron chi connectivity index (χ2n) is 4.73. The number of nitrogens with two attached hydrogens (primary N) is 1. The quantitative estimate of drug-likeness (QED) is 0.656. The third-order valence-corrected chi connectivity index (χ3v) is 3.83. The van der Waals surface area contributed by atoms with E-state index in [9.17, 15) is 4.39 Å². The van der Waals surface area contributed by atoms with Crippen LogP contribution in [0.3, 0.4) is 0 Å². The summed E-state index contributed by atoms with van der Waals surface area (Å²) >= 11 is 11.9. The maximum atomic E-state index is 13.5. The van der Waals surface area contributed by atoms with E-state index in [-0.39, 0.29) is 11.9 Å². The van der Waals surface area contributed by atoms with Gasteiger partial charge in [0, 0.05) is 0 Å². The molecule has 1 atom stereocenters. The number of nitrogens with one attached hydrogen (secondary N) is 1. The lowest BCUT2D eigenvalue weighted by atomic mass is 9.98. The van der Waals surface area contributed by atoms with E-state index in [1.54, 1.807) is 12.1 Å². The van der Waals surface area contributed by atoms with Gasteiger partial charge in [0.25, 0.3) is 0 Å². The van der Waals surface area contributed by atoms with Crippen LogP contribution in [0.2, 0.25) is 10.0 Å². The van der Waals surface area contributed by atoms with Gasteiger partial charge in [-0.2, -0.15) is 0 Å². The summed E-state index contributed by atoms with van der Waals surface area (Å²) in [4.78, 5) is 0. The van der Waals surface area contributed by atoms with Gasteiger partial charge in [-0.1, -0.05) is 35.3 Å². The Morgan fingerprint density at radius 3 is 2.50 bits per heavy atom. The molecule has 2 nitrogen and oxygen atoms in total. The summed E-state index contributed by atoms with van der Waals surface area (Å²) in [6.45, 7) is 1.85. The lowest BCUT2D eigenvalue weighted by Gasteiger charge is -2.17. The van der Waals surface area contributed by atoms with Crippen LogP contribution in [-0.2, 0) is 6.42 Å². The molecule has 2 aromatic carbocycles. The van der Waals surface area contributed by atoms with Crippen LogP contribution in [-0.4, -0.2) is 0 Å². The van der Waals surface area contributed by atoms with Gasteiger partial charge in [-0.05, 0) is 54.3 Å². The highest BCUT2D eigenvalue weighted by molar-refractivity contribution is 6.42. The van der Waals surface area contributed by atoms with Crippen LogP contribution < -0.4 is 11.3 Å². The first-order valence-corrected chi connectivity index (χ1v) is 6.92. The van der Waals surface area contributed by atoms with Crippen molar-refractivity contribution in [1.82, 2.24) is 5.43 Å². The Morgan fingerprint density at radius 2 is 1.90 bits per heavy atom. The highest BCUT2D eigenvalue weighted by Gasteiger charge is 2.13. The van der Waals surface area contributed by atoms with Gasteiger partial charge in [0.15, 0.2) is 0 Å². The van der Waals surface area contributed by atoms with Gasteiger partial charge in [-0.25, -0.2) is 4.39 Å². The number of hydrogen-bond acceptors (Lipinski definition) is 2. The average Bonchev–Trinajstić information content (AvgIpc) is 2.38. The third kappa shape index (κ3) is 3.70. The molecule has 20 heavy (non-hydrogen) atoms. The van der Waals surface area contributed by atoms with Gasteiger partial charge >= 0.3 is 0 Å². The predicted molar refractivity (Wildman–Crippen MR) is 81.4 cm³/mol. The summed E-state index contributed by atoms with van der Waals surface area (Å²) in [7, 11) is 0. The highest BCUT2D eigenvalue weighted by Crippen LogP contribution is 2.26. The molecular formula is C15H15Cl2FN2. The molecule has 106 valence electrons. The topological polar surface area (TPSA) is 38.0 Å². The molecule has 1 unspecified atom stereocenters. The van der Waals surface area contributed by atoms with Crippen molar-refractivity contribution in [3.63, 3.8) is 0 Å². The molecule has 0 fully saturated rings. The number of halogens is 3. The van der Waals surface area contributed by atoms with Gasteiger partial charge in [0.2, 0.25) is 0 Å². The summed E-state index contributed by atoms with van der Waals surface area (Å²) in [6, 6.07) is 10.1. The summed E-state index contributed by atoms with van der Waals surface area (Å²) < 4.78 is 13.5. The summed E-state index contributed by atoms with van der Waals surface area (Å²) in [5, 5.41) is 1.00. The molecule has 0 spiro atoms. The number of hydrogen-bond donors (Lipinski definition) is 2. The van der Waals surface area contributed by atoms with Crippen molar-refractivity contribution in [2.24, 2.45) is 5.84 Å². The molecule has 3 N–H and O–H groups in total. The number of benzene rings is 2. The van der Waals surface area contributed by atoms with Crippen LogP contribution in [0.4, 0.5) is 4.39 Å². The van der Waals surface area contributed by atoms with Crippen LogP contribution >= 0.6 is 23.2 Å². The standard InChI is InChI=1S/C15H15Cl2FN2/c1-9-4-11(8-12(18)5-9)15(20-19)7-10-2-3-13(16)14(17)6-10/h2-6,8,15,20H,7,19H2,1H3. The second-order valence-corrected chi connectivity index (χ2v) is 5.55. The largest absolute Gasteiger partial charge is 0.271 e. The Kier molecular flexibility index (Phi) is 5.00. The Labute approximate surface area is 127 Å². The zero-order valence-electron chi connectivity index (χ0n) is 11.0. The maximum absolute atomic E-state index is 13.5. The van der Waals surface area contributed by atoms with E-state index in [1.165, 1.54) is 12.1 Å². The summed E-state index contributed by atoms with van der Waals surface area (Å²) in [5.74, 6) is 5.32. The molecule has 5 heteroatoms. The van der Waals surface area contributed by atoms with E-state index in [2.05, 4.69) is 5.43 Å². The van der Waals surface area contributed by atoms with Crippen LogP contribution in [0, 0.1) is 12.7 Å². The molecule has 2 rings (SSSR count). The monoisotopic (exact) mass is 312 g/mol. The molecule has 0 aliphatic rings. The molecule has 0 aliphatic carbocycles. The fraction of sp³-hybridized carbons (Fsp3) is 0.200. The Bertz CT molecular complexity index is 597. The molecule has 2 aromatic rings. The van der Waals surface area contributed by atoms with Crippen molar-refractivity contribution >= 4 is 23.2 Å². The first-order chi connectivity index (χ1) is 9.49. The van der Waals surface area contributed by atoms with Crippen molar-refractivity contribution in [2.75, 3.05) is 0 Å². The molecule has 0 bridgehead atoms. The van der Waals surface area contributed by atoms with Gasteiger partial charge < -0.3 is 0 Å². The van der Waals surface area contributed by atoms with E-state index in [0.29, 0.717) is 16.5 Å². The maximum Gasteiger partial charge on any atom is 0.123 e. The predicted octanol–water partition coefficient (Wildman–Crippen LogP) is 4.19. The normalized spacial score (nSPS) is 12.4. The van der Waals surface area contributed by atoms with Crippen LogP contribution in [0.15, 0.2) is 36.4 Å². The van der Waals surface area contributed by atoms with Gasteiger partial charge in [0.05, 0.1) is 16.1 Å². The fourth-order valence-corrected chi connectivity index (χ4v) is 2.46. The molecule has 0 radical (unpaired) electrons. The molecule has 0 saturated heterocycles. The van der Waals surface area contributed by atoms with Crippen LogP contribution in [0.25, 0.3) is 0 Å². The smallest absolute Gasteiger partial charge is 0.123 e. The van der Waals surface area contributed by atoms with Crippen molar-refractivity contribution in [2.45, 2.75) is 19.4 Å². The first kappa shape index (κ1) is 15.3. The molecule has 0 saturated carbocycles. The average molecular weight is 313 g/mol. The van der Waals surface area contributed by atoms with Gasteiger partial charge in [0.1, 0.15) is 5.82 Å². The van der Waals surface area contributed by atoms with E-state index in [4.69, 9.17) is 29.0 Å². The van der Waals surface area contributed by atoms with Crippen molar-refractivity contribution < 1.29 is 4.39 Å². The van der Waals surface area contributed by atoms with Crippen molar-refractivity contribution in [3.05, 3.63) is 69.0 Å². The zero-order valence-corrected chi connectivity index (χ0v) is 12.5. The lowest BCUT2D eigenvalue weighted by Crippen LogP contribution is -2.29. The second kappa shape index (κ2) is 6.55.